The molecule has 5 nitrogen and oxygen atoms in total. The van der Waals surface area contributed by atoms with Gasteiger partial charge in [-0.25, -0.2) is 9.07 Å². The molecule has 7 heteroatoms. The van der Waals surface area contributed by atoms with Crippen molar-refractivity contribution < 1.29 is 9.18 Å². The summed E-state index contributed by atoms with van der Waals surface area (Å²) in [6, 6.07) is 5.02. The van der Waals surface area contributed by atoms with Crippen molar-refractivity contribution in [1.82, 2.24) is 15.1 Å². The number of rotatable bonds is 7. The predicted octanol–water partition coefficient (Wildman–Crippen LogP) is 3.48. The lowest BCUT2D eigenvalue weighted by Gasteiger charge is -2.16. The van der Waals surface area contributed by atoms with Crippen LogP contribution in [0, 0.1) is 12.7 Å². The van der Waals surface area contributed by atoms with Crippen molar-refractivity contribution in [2.24, 2.45) is 5.73 Å². The second-order valence-corrected chi connectivity index (χ2v) is 7.04. The summed E-state index contributed by atoms with van der Waals surface area (Å²) >= 11 is 0. The third-order valence-electron chi connectivity index (χ3n) is 5.00. The molecule has 2 aromatic rings. The highest BCUT2D eigenvalue weighted by atomic mass is 35.5. The Bertz CT molecular complexity index is 806. The van der Waals surface area contributed by atoms with Gasteiger partial charge in [0.25, 0.3) is 5.91 Å². The molecule has 0 radical (unpaired) electrons. The van der Waals surface area contributed by atoms with Crippen molar-refractivity contribution in [3.8, 4) is 5.69 Å². The highest BCUT2D eigenvalue weighted by molar-refractivity contribution is 5.94. The summed E-state index contributed by atoms with van der Waals surface area (Å²) in [5.41, 5.74) is 9.34. The lowest BCUT2D eigenvalue weighted by Crippen LogP contribution is -2.40. The van der Waals surface area contributed by atoms with E-state index in [1.807, 2.05) is 13.0 Å². The maximum atomic E-state index is 14.4. The normalized spacial score (nSPS) is 13.8. The first-order valence-corrected chi connectivity index (χ1v) is 9.43. The molecule has 0 bridgehead atoms. The van der Waals surface area contributed by atoms with Crippen LogP contribution in [0.1, 0.15) is 59.9 Å². The van der Waals surface area contributed by atoms with Crippen molar-refractivity contribution in [2.45, 2.75) is 58.4 Å². The van der Waals surface area contributed by atoms with Gasteiger partial charge >= 0.3 is 0 Å². The van der Waals surface area contributed by atoms with Gasteiger partial charge in [0.2, 0.25) is 0 Å². The summed E-state index contributed by atoms with van der Waals surface area (Å²) in [6.07, 6.45) is 5.49. The molecular weight excluding hydrogens is 367 g/mol. The van der Waals surface area contributed by atoms with Crippen LogP contribution in [0.2, 0.25) is 0 Å². The van der Waals surface area contributed by atoms with Crippen molar-refractivity contribution >= 4 is 18.3 Å². The van der Waals surface area contributed by atoms with Gasteiger partial charge in [0, 0.05) is 23.8 Å². The molecule has 1 aromatic heterocycles. The number of hydrogen-bond acceptors (Lipinski definition) is 3. The number of amides is 1. The van der Waals surface area contributed by atoms with E-state index in [2.05, 4.69) is 17.3 Å². The molecule has 148 valence electrons. The van der Waals surface area contributed by atoms with Crippen LogP contribution in [0.25, 0.3) is 5.69 Å². The van der Waals surface area contributed by atoms with E-state index in [1.165, 1.54) is 6.07 Å². The van der Waals surface area contributed by atoms with Gasteiger partial charge in [-0.1, -0.05) is 25.8 Å². The van der Waals surface area contributed by atoms with E-state index in [1.54, 1.807) is 10.7 Å². The molecular formula is C20H28ClFN4O. The first kappa shape index (κ1) is 21.4. The number of hydrogen-bond donors (Lipinski definition) is 2. The van der Waals surface area contributed by atoms with Gasteiger partial charge in [-0.2, -0.15) is 5.10 Å². The molecule has 1 atom stereocenters. The molecule has 3 N–H and O–H groups in total. The lowest BCUT2D eigenvalue weighted by molar-refractivity contribution is 0.0929. The highest BCUT2D eigenvalue weighted by Crippen LogP contribution is 2.29. The summed E-state index contributed by atoms with van der Waals surface area (Å²) in [4.78, 5) is 12.8. The van der Waals surface area contributed by atoms with Crippen LogP contribution in [0.15, 0.2) is 18.2 Å². The minimum absolute atomic E-state index is 0. The SMILES string of the molecule is CCCCC(CN)NC(=O)c1nn(-c2ccc(C)cc2F)c2c1CCC2.Cl. The van der Waals surface area contributed by atoms with Crippen LogP contribution < -0.4 is 11.1 Å². The first-order valence-electron chi connectivity index (χ1n) is 9.43. The second-order valence-electron chi connectivity index (χ2n) is 7.04. The van der Waals surface area contributed by atoms with Gasteiger partial charge in [0.1, 0.15) is 11.5 Å². The number of halogens is 2. The van der Waals surface area contributed by atoms with Crippen LogP contribution in [0.5, 0.6) is 0 Å². The van der Waals surface area contributed by atoms with Gasteiger partial charge in [0.15, 0.2) is 5.69 Å². The molecule has 0 fully saturated rings. The Morgan fingerprint density at radius 1 is 1.41 bits per heavy atom. The summed E-state index contributed by atoms with van der Waals surface area (Å²) < 4.78 is 16.0. The molecule has 0 aliphatic heterocycles. The Morgan fingerprint density at radius 3 is 2.85 bits per heavy atom. The third-order valence-corrected chi connectivity index (χ3v) is 5.00. The van der Waals surface area contributed by atoms with E-state index in [0.29, 0.717) is 17.9 Å². The Labute approximate surface area is 165 Å². The Kier molecular flexibility index (Phi) is 7.39. The standard InChI is InChI=1S/C20H27FN4O.ClH/c1-3-4-6-14(12-22)23-20(26)19-15-7-5-8-17(15)25(24-19)18-10-9-13(2)11-16(18)21;/h9-11,14H,3-8,12,22H2,1-2H3,(H,23,26);1H. The smallest absolute Gasteiger partial charge is 0.272 e. The molecule has 0 saturated heterocycles. The van der Waals surface area contributed by atoms with Crippen molar-refractivity contribution in [1.29, 1.82) is 0 Å². The number of unbranched alkanes of at least 4 members (excludes halogenated alkanes) is 1. The number of carbonyl (C=O) groups excluding carboxylic acids is 1. The van der Waals surface area contributed by atoms with Crippen molar-refractivity contribution in [3.63, 3.8) is 0 Å². The molecule has 0 saturated carbocycles. The van der Waals surface area contributed by atoms with Crippen LogP contribution in [0.3, 0.4) is 0 Å². The Hall–Kier alpha value is -1.92. The minimum Gasteiger partial charge on any atom is -0.347 e. The quantitative estimate of drug-likeness (QED) is 0.755. The van der Waals surface area contributed by atoms with Gasteiger partial charge in [-0.3, -0.25) is 4.79 Å². The van der Waals surface area contributed by atoms with Crippen LogP contribution in [-0.2, 0) is 12.8 Å². The molecule has 3 rings (SSSR count). The maximum Gasteiger partial charge on any atom is 0.272 e. The van der Waals surface area contributed by atoms with E-state index in [-0.39, 0.29) is 30.2 Å². The monoisotopic (exact) mass is 394 g/mol. The van der Waals surface area contributed by atoms with E-state index in [0.717, 1.165) is 55.3 Å². The topological polar surface area (TPSA) is 72.9 Å². The lowest BCUT2D eigenvalue weighted by atomic mass is 10.1. The van der Waals surface area contributed by atoms with Crippen molar-refractivity contribution in [2.75, 3.05) is 6.54 Å². The Morgan fingerprint density at radius 2 is 2.19 bits per heavy atom. The van der Waals surface area contributed by atoms with E-state index in [9.17, 15) is 9.18 Å². The minimum atomic E-state index is -0.322. The summed E-state index contributed by atoms with van der Waals surface area (Å²) in [5.74, 6) is -0.530. The average molecular weight is 395 g/mol. The van der Waals surface area contributed by atoms with E-state index >= 15 is 0 Å². The fourth-order valence-corrected chi connectivity index (χ4v) is 3.56. The number of nitrogens with two attached hydrogens (primary N) is 1. The summed E-state index contributed by atoms with van der Waals surface area (Å²) in [6.45, 7) is 4.36. The molecule has 0 spiro atoms. The van der Waals surface area contributed by atoms with Crippen LogP contribution in [0.4, 0.5) is 4.39 Å². The van der Waals surface area contributed by atoms with E-state index < -0.39 is 0 Å². The van der Waals surface area contributed by atoms with Crippen LogP contribution >= 0.6 is 12.4 Å². The molecule has 27 heavy (non-hydrogen) atoms. The summed E-state index contributed by atoms with van der Waals surface area (Å²) in [5, 5.41) is 7.49. The number of nitrogens with zero attached hydrogens (tertiary/aromatic N) is 2. The zero-order chi connectivity index (χ0) is 18.7. The Balaban J connectivity index is 0.00000261. The maximum absolute atomic E-state index is 14.4. The largest absolute Gasteiger partial charge is 0.347 e. The zero-order valence-electron chi connectivity index (χ0n) is 15.9. The zero-order valence-corrected chi connectivity index (χ0v) is 16.7. The predicted molar refractivity (Wildman–Crippen MR) is 107 cm³/mol. The number of fused-ring (bicyclic) bond motifs is 1. The van der Waals surface area contributed by atoms with Gasteiger partial charge < -0.3 is 11.1 Å². The number of carbonyl (C=O) groups is 1. The average Bonchev–Trinajstić information content (AvgIpc) is 3.21. The molecule has 1 aliphatic carbocycles. The van der Waals surface area contributed by atoms with Crippen LogP contribution in [-0.4, -0.2) is 28.3 Å². The number of aryl methyl sites for hydroxylation is 1. The van der Waals surface area contributed by atoms with E-state index in [4.69, 9.17) is 5.73 Å². The second kappa shape index (κ2) is 9.33. The fourth-order valence-electron chi connectivity index (χ4n) is 3.56. The number of benzene rings is 1. The molecule has 1 unspecified atom stereocenters. The summed E-state index contributed by atoms with van der Waals surface area (Å²) in [7, 11) is 0. The molecule has 1 amide bonds. The molecule has 1 aromatic carbocycles. The molecule has 1 aliphatic rings. The van der Waals surface area contributed by atoms with Gasteiger partial charge in [0.05, 0.1) is 0 Å². The fraction of sp³-hybridized carbons (Fsp3) is 0.500. The first-order chi connectivity index (χ1) is 12.5. The van der Waals surface area contributed by atoms with Crippen molar-refractivity contribution in [3.05, 3.63) is 46.5 Å². The number of aromatic nitrogens is 2. The molecule has 1 heterocycles. The highest BCUT2D eigenvalue weighted by Gasteiger charge is 2.28. The van der Waals surface area contributed by atoms with Gasteiger partial charge in [-0.15, -0.1) is 12.4 Å². The third kappa shape index (κ3) is 4.50. The van der Waals surface area contributed by atoms with Gasteiger partial charge in [-0.05, 0) is 50.3 Å². The number of nitrogens with one attached hydrogen (secondary N) is 1.